The van der Waals surface area contributed by atoms with E-state index in [2.05, 4.69) is 33.0 Å². The van der Waals surface area contributed by atoms with Crippen LogP contribution in [0.15, 0.2) is 66.7 Å². The summed E-state index contributed by atoms with van der Waals surface area (Å²) >= 11 is 0. The van der Waals surface area contributed by atoms with Gasteiger partial charge in [0.05, 0.1) is 7.11 Å². The van der Waals surface area contributed by atoms with Crippen molar-refractivity contribution in [3.05, 3.63) is 83.6 Å². The Bertz CT molecular complexity index is 865. The first-order chi connectivity index (χ1) is 13.7. The maximum atomic E-state index is 12.2. The largest absolute Gasteiger partial charge is 0.497 e. The van der Waals surface area contributed by atoms with Crippen molar-refractivity contribution < 1.29 is 9.53 Å². The summed E-state index contributed by atoms with van der Waals surface area (Å²) in [7, 11) is 1.64. The van der Waals surface area contributed by atoms with Crippen molar-refractivity contribution >= 4 is 11.7 Å². The van der Waals surface area contributed by atoms with Gasteiger partial charge in [-0.3, -0.25) is 4.79 Å². The zero-order valence-electron chi connectivity index (χ0n) is 15.9. The summed E-state index contributed by atoms with van der Waals surface area (Å²) < 4.78 is 5.14. The van der Waals surface area contributed by atoms with Gasteiger partial charge in [-0.05, 0) is 48.2 Å². The number of methoxy groups -OCH3 is 1. The van der Waals surface area contributed by atoms with E-state index in [0.717, 1.165) is 30.7 Å². The van der Waals surface area contributed by atoms with Crippen molar-refractivity contribution in [1.82, 2.24) is 15.5 Å². The number of benzene rings is 2. The van der Waals surface area contributed by atoms with Gasteiger partial charge in [-0.15, -0.1) is 10.2 Å². The normalized spacial score (nSPS) is 10.3. The van der Waals surface area contributed by atoms with Crippen LogP contribution in [0, 0.1) is 0 Å². The Morgan fingerprint density at radius 2 is 1.57 bits per heavy atom. The second-order valence-corrected chi connectivity index (χ2v) is 6.32. The quantitative estimate of drug-likeness (QED) is 0.600. The van der Waals surface area contributed by atoms with Gasteiger partial charge in [0, 0.05) is 13.1 Å². The summed E-state index contributed by atoms with van der Waals surface area (Å²) in [5.74, 6) is 1.25. The molecule has 1 aromatic heterocycles. The second kappa shape index (κ2) is 10.1. The van der Waals surface area contributed by atoms with Gasteiger partial charge >= 0.3 is 0 Å². The van der Waals surface area contributed by atoms with Crippen LogP contribution in [0.3, 0.4) is 0 Å². The van der Waals surface area contributed by atoms with Gasteiger partial charge in [-0.25, -0.2) is 0 Å². The summed E-state index contributed by atoms with van der Waals surface area (Å²) in [6.45, 7) is 1.29. The summed E-state index contributed by atoms with van der Waals surface area (Å²) in [6, 6.07) is 21.5. The number of nitrogens with zero attached hydrogens (tertiary/aromatic N) is 2. The molecule has 0 bridgehead atoms. The molecule has 0 fully saturated rings. The number of aromatic nitrogens is 2. The van der Waals surface area contributed by atoms with E-state index in [1.54, 1.807) is 19.2 Å². The molecule has 28 heavy (non-hydrogen) atoms. The Morgan fingerprint density at radius 1 is 0.857 bits per heavy atom. The van der Waals surface area contributed by atoms with Crippen LogP contribution in [0.5, 0.6) is 5.75 Å². The molecule has 2 N–H and O–H groups in total. The highest BCUT2D eigenvalue weighted by Crippen LogP contribution is 2.11. The van der Waals surface area contributed by atoms with E-state index >= 15 is 0 Å². The molecule has 0 saturated carbocycles. The lowest BCUT2D eigenvalue weighted by molar-refractivity contribution is 0.0948. The van der Waals surface area contributed by atoms with Gasteiger partial charge in [-0.1, -0.05) is 42.5 Å². The Balaban J connectivity index is 1.41. The number of hydrogen-bond donors (Lipinski definition) is 2. The SMILES string of the molecule is COc1ccc(CCNC(=O)c2ccc(NCCc3ccccc3)nn2)cc1. The Kier molecular flexibility index (Phi) is 6.95. The topological polar surface area (TPSA) is 76.1 Å². The molecule has 0 spiro atoms. The first-order valence-electron chi connectivity index (χ1n) is 9.27. The number of carbonyl (C=O) groups excluding carboxylic acids is 1. The van der Waals surface area contributed by atoms with Crippen molar-refractivity contribution in [3.8, 4) is 5.75 Å². The summed E-state index contributed by atoms with van der Waals surface area (Å²) in [4.78, 5) is 12.2. The Labute approximate surface area is 165 Å². The molecule has 0 radical (unpaired) electrons. The lowest BCUT2D eigenvalue weighted by atomic mass is 10.1. The molecule has 0 aliphatic heterocycles. The number of hydrogen-bond acceptors (Lipinski definition) is 5. The fourth-order valence-electron chi connectivity index (χ4n) is 2.73. The van der Waals surface area contributed by atoms with Crippen molar-refractivity contribution in [2.75, 3.05) is 25.5 Å². The second-order valence-electron chi connectivity index (χ2n) is 6.32. The van der Waals surface area contributed by atoms with E-state index in [0.29, 0.717) is 18.1 Å². The summed E-state index contributed by atoms with van der Waals surface area (Å²) in [5, 5.41) is 14.2. The third-order valence-corrected chi connectivity index (χ3v) is 4.32. The maximum Gasteiger partial charge on any atom is 0.271 e. The molecule has 144 valence electrons. The molecule has 0 aliphatic rings. The number of anilines is 1. The number of rotatable bonds is 9. The number of ether oxygens (including phenoxy) is 1. The van der Waals surface area contributed by atoms with E-state index in [4.69, 9.17) is 4.74 Å². The number of amides is 1. The molecule has 1 heterocycles. The zero-order chi connectivity index (χ0) is 19.6. The van der Waals surface area contributed by atoms with Crippen LogP contribution in [0.25, 0.3) is 0 Å². The molecule has 6 nitrogen and oxygen atoms in total. The van der Waals surface area contributed by atoms with E-state index in [-0.39, 0.29) is 5.91 Å². The molecular formula is C22H24N4O2. The Hall–Kier alpha value is -3.41. The molecule has 0 unspecified atom stereocenters. The average molecular weight is 376 g/mol. The maximum absolute atomic E-state index is 12.2. The van der Waals surface area contributed by atoms with E-state index in [9.17, 15) is 4.79 Å². The van der Waals surface area contributed by atoms with E-state index in [1.165, 1.54) is 5.56 Å². The third kappa shape index (κ3) is 5.81. The van der Waals surface area contributed by atoms with Crippen LogP contribution >= 0.6 is 0 Å². The number of nitrogens with one attached hydrogen (secondary N) is 2. The monoisotopic (exact) mass is 376 g/mol. The van der Waals surface area contributed by atoms with Gasteiger partial charge in [0.2, 0.25) is 0 Å². The Morgan fingerprint density at radius 3 is 2.25 bits per heavy atom. The standard InChI is InChI=1S/C22H24N4O2/c1-28-19-9-7-18(8-10-19)14-16-24-22(27)20-11-12-21(26-25-20)23-15-13-17-5-3-2-4-6-17/h2-12H,13-16H2,1H3,(H,23,26)(H,24,27). The molecule has 6 heteroatoms. The predicted octanol–water partition coefficient (Wildman–Crippen LogP) is 3.11. The van der Waals surface area contributed by atoms with Crippen molar-refractivity contribution in [1.29, 1.82) is 0 Å². The zero-order valence-corrected chi connectivity index (χ0v) is 15.9. The fraction of sp³-hybridized carbons (Fsp3) is 0.227. The van der Waals surface area contributed by atoms with Gasteiger partial charge in [0.25, 0.3) is 5.91 Å². The molecule has 0 aliphatic carbocycles. The van der Waals surface area contributed by atoms with Gasteiger partial charge in [0.1, 0.15) is 11.6 Å². The van der Waals surface area contributed by atoms with Crippen LogP contribution in [-0.4, -0.2) is 36.3 Å². The molecule has 0 saturated heterocycles. The van der Waals surface area contributed by atoms with Crippen LogP contribution in [0.2, 0.25) is 0 Å². The van der Waals surface area contributed by atoms with Crippen LogP contribution < -0.4 is 15.4 Å². The summed E-state index contributed by atoms with van der Waals surface area (Å²) in [6.07, 6.45) is 1.64. The van der Waals surface area contributed by atoms with Crippen LogP contribution in [0.1, 0.15) is 21.6 Å². The molecule has 3 aromatic rings. The van der Waals surface area contributed by atoms with Gasteiger partial charge in [-0.2, -0.15) is 0 Å². The van der Waals surface area contributed by atoms with Crippen molar-refractivity contribution in [2.45, 2.75) is 12.8 Å². The highest BCUT2D eigenvalue weighted by Gasteiger charge is 2.07. The minimum absolute atomic E-state index is 0.225. The van der Waals surface area contributed by atoms with Crippen LogP contribution in [-0.2, 0) is 12.8 Å². The predicted molar refractivity (Wildman–Crippen MR) is 110 cm³/mol. The minimum Gasteiger partial charge on any atom is -0.497 e. The fourth-order valence-corrected chi connectivity index (χ4v) is 2.73. The molecular weight excluding hydrogens is 352 g/mol. The summed E-state index contributed by atoms with van der Waals surface area (Å²) in [5.41, 5.74) is 2.70. The first-order valence-corrected chi connectivity index (χ1v) is 9.27. The number of carbonyl (C=O) groups is 1. The van der Waals surface area contributed by atoms with E-state index < -0.39 is 0 Å². The average Bonchev–Trinajstić information content (AvgIpc) is 2.75. The smallest absolute Gasteiger partial charge is 0.271 e. The molecule has 1 amide bonds. The van der Waals surface area contributed by atoms with Crippen molar-refractivity contribution in [3.63, 3.8) is 0 Å². The molecule has 0 atom stereocenters. The highest BCUT2D eigenvalue weighted by atomic mass is 16.5. The first kappa shape index (κ1) is 19.4. The molecule has 2 aromatic carbocycles. The molecule has 3 rings (SSSR count). The minimum atomic E-state index is -0.225. The van der Waals surface area contributed by atoms with E-state index in [1.807, 2.05) is 42.5 Å². The highest BCUT2D eigenvalue weighted by molar-refractivity contribution is 5.92. The van der Waals surface area contributed by atoms with Gasteiger partial charge in [0.15, 0.2) is 5.69 Å². The lowest BCUT2D eigenvalue weighted by Gasteiger charge is -2.07. The van der Waals surface area contributed by atoms with Crippen LogP contribution in [0.4, 0.5) is 5.82 Å². The third-order valence-electron chi connectivity index (χ3n) is 4.32. The van der Waals surface area contributed by atoms with Gasteiger partial charge < -0.3 is 15.4 Å². The van der Waals surface area contributed by atoms with Crippen molar-refractivity contribution in [2.24, 2.45) is 0 Å². The lowest BCUT2D eigenvalue weighted by Crippen LogP contribution is -2.26.